The summed E-state index contributed by atoms with van der Waals surface area (Å²) in [5.74, 6) is 0. The molecule has 0 saturated heterocycles. The van der Waals surface area contributed by atoms with Gasteiger partial charge in [-0.1, -0.05) is 12.1 Å². The number of anilines is 2. The fourth-order valence-electron chi connectivity index (χ4n) is 1.56. The molecule has 0 amide bonds. The normalized spacial score (nSPS) is 10.1. The van der Waals surface area contributed by atoms with Crippen LogP contribution in [0.1, 0.15) is 0 Å². The van der Waals surface area contributed by atoms with Gasteiger partial charge in [0, 0.05) is 25.5 Å². The van der Waals surface area contributed by atoms with Gasteiger partial charge in [-0.3, -0.25) is 0 Å². The second-order valence-electron chi connectivity index (χ2n) is 3.28. The predicted octanol–water partition coefficient (Wildman–Crippen LogP) is 2.92. The molecule has 0 aliphatic heterocycles. The summed E-state index contributed by atoms with van der Waals surface area (Å²) in [6.45, 7) is 0. The monoisotopic (exact) mass is 186 g/mol. The average molecular weight is 186 g/mol. The maximum atomic E-state index is 3.14. The van der Waals surface area contributed by atoms with Crippen molar-refractivity contribution in [1.29, 1.82) is 0 Å². The summed E-state index contributed by atoms with van der Waals surface area (Å²) in [6.07, 6.45) is 0. The number of rotatable bonds is 2. The van der Waals surface area contributed by atoms with Gasteiger partial charge in [0.15, 0.2) is 0 Å². The lowest BCUT2D eigenvalue weighted by molar-refractivity contribution is 1.51. The van der Waals surface area contributed by atoms with Gasteiger partial charge in [-0.05, 0) is 35.0 Å². The molecular formula is C12H14N2. The zero-order valence-corrected chi connectivity index (χ0v) is 8.46. The summed E-state index contributed by atoms with van der Waals surface area (Å²) < 4.78 is 0. The van der Waals surface area contributed by atoms with Gasteiger partial charge in [0.2, 0.25) is 0 Å². The Kier molecular flexibility index (Phi) is 2.27. The highest BCUT2D eigenvalue weighted by Crippen LogP contribution is 2.22. The van der Waals surface area contributed by atoms with Gasteiger partial charge in [-0.2, -0.15) is 0 Å². The first-order valence-corrected chi connectivity index (χ1v) is 4.73. The van der Waals surface area contributed by atoms with Crippen LogP contribution in [0.15, 0.2) is 36.4 Å². The topological polar surface area (TPSA) is 24.1 Å². The number of nitrogens with one attached hydrogen (secondary N) is 2. The van der Waals surface area contributed by atoms with Crippen molar-refractivity contribution in [2.75, 3.05) is 24.7 Å². The molecule has 14 heavy (non-hydrogen) atoms. The van der Waals surface area contributed by atoms with E-state index >= 15 is 0 Å². The Bertz CT molecular complexity index is 410. The molecule has 0 saturated carbocycles. The SMILES string of the molecule is CNc1ccc2ccc(NC)cc2c1. The Hall–Kier alpha value is -1.70. The van der Waals surface area contributed by atoms with Crippen LogP contribution in [0.25, 0.3) is 10.8 Å². The molecule has 0 heterocycles. The van der Waals surface area contributed by atoms with Crippen molar-refractivity contribution >= 4 is 22.1 Å². The largest absolute Gasteiger partial charge is 0.388 e. The van der Waals surface area contributed by atoms with Crippen molar-refractivity contribution in [3.05, 3.63) is 36.4 Å². The fourth-order valence-corrected chi connectivity index (χ4v) is 1.56. The number of hydrogen-bond acceptors (Lipinski definition) is 2. The van der Waals surface area contributed by atoms with Crippen molar-refractivity contribution < 1.29 is 0 Å². The smallest absolute Gasteiger partial charge is 0.0344 e. The highest BCUT2D eigenvalue weighted by atomic mass is 14.8. The molecule has 2 aromatic carbocycles. The molecule has 2 rings (SSSR count). The molecule has 2 N–H and O–H groups in total. The molecule has 0 spiro atoms. The van der Waals surface area contributed by atoms with E-state index in [9.17, 15) is 0 Å². The average Bonchev–Trinajstić information content (AvgIpc) is 2.27. The molecule has 0 aliphatic carbocycles. The Morgan fingerprint density at radius 3 is 1.64 bits per heavy atom. The van der Waals surface area contributed by atoms with E-state index in [-0.39, 0.29) is 0 Å². The molecule has 0 atom stereocenters. The zero-order valence-electron chi connectivity index (χ0n) is 8.46. The second kappa shape index (κ2) is 3.58. The number of hydrogen-bond donors (Lipinski definition) is 2. The van der Waals surface area contributed by atoms with Crippen molar-refractivity contribution in [3.8, 4) is 0 Å². The maximum absolute atomic E-state index is 3.14. The lowest BCUT2D eigenvalue weighted by Crippen LogP contribution is -1.89. The van der Waals surface area contributed by atoms with Gasteiger partial charge in [0.05, 0.1) is 0 Å². The quantitative estimate of drug-likeness (QED) is 0.753. The number of benzene rings is 2. The fraction of sp³-hybridized carbons (Fsp3) is 0.167. The molecule has 0 bridgehead atoms. The third kappa shape index (κ3) is 1.51. The van der Waals surface area contributed by atoms with Gasteiger partial charge < -0.3 is 10.6 Å². The summed E-state index contributed by atoms with van der Waals surface area (Å²) in [5.41, 5.74) is 2.29. The molecule has 0 unspecified atom stereocenters. The van der Waals surface area contributed by atoms with E-state index in [1.807, 2.05) is 14.1 Å². The van der Waals surface area contributed by atoms with E-state index in [2.05, 4.69) is 47.0 Å². The predicted molar refractivity (Wildman–Crippen MR) is 63.0 cm³/mol. The molecule has 2 heteroatoms. The first-order chi connectivity index (χ1) is 6.83. The summed E-state index contributed by atoms with van der Waals surface area (Å²) in [4.78, 5) is 0. The Morgan fingerprint density at radius 1 is 0.714 bits per heavy atom. The lowest BCUT2D eigenvalue weighted by atomic mass is 10.1. The molecule has 72 valence electrons. The molecule has 0 aliphatic rings. The highest BCUT2D eigenvalue weighted by Gasteiger charge is 1.96. The van der Waals surface area contributed by atoms with Gasteiger partial charge in [0.25, 0.3) is 0 Å². The summed E-state index contributed by atoms with van der Waals surface area (Å²) in [7, 11) is 3.87. The molecular weight excluding hydrogens is 172 g/mol. The zero-order chi connectivity index (χ0) is 9.97. The van der Waals surface area contributed by atoms with Crippen molar-refractivity contribution in [3.63, 3.8) is 0 Å². The van der Waals surface area contributed by atoms with E-state index in [0.717, 1.165) is 11.4 Å². The minimum absolute atomic E-state index is 1.14. The van der Waals surface area contributed by atoms with Crippen LogP contribution in [0.3, 0.4) is 0 Å². The Labute approximate surface area is 83.9 Å². The van der Waals surface area contributed by atoms with Crippen LogP contribution in [-0.2, 0) is 0 Å². The van der Waals surface area contributed by atoms with Crippen LogP contribution in [0.4, 0.5) is 11.4 Å². The first kappa shape index (κ1) is 8.88. The van der Waals surface area contributed by atoms with Crippen LogP contribution in [0.2, 0.25) is 0 Å². The van der Waals surface area contributed by atoms with E-state index < -0.39 is 0 Å². The van der Waals surface area contributed by atoms with Crippen LogP contribution in [0, 0.1) is 0 Å². The highest BCUT2D eigenvalue weighted by molar-refractivity contribution is 5.88. The standard InChI is InChI=1S/C12H14N2/c1-13-11-5-3-9-4-6-12(14-2)8-10(9)7-11/h3-8,13-14H,1-2H3. The van der Waals surface area contributed by atoms with Gasteiger partial charge >= 0.3 is 0 Å². The minimum atomic E-state index is 1.14. The van der Waals surface area contributed by atoms with Crippen molar-refractivity contribution in [2.45, 2.75) is 0 Å². The van der Waals surface area contributed by atoms with E-state index in [4.69, 9.17) is 0 Å². The van der Waals surface area contributed by atoms with Crippen LogP contribution in [0.5, 0.6) is 0 Å². The molecule has 2 nitrogen and oxygen atoms in total. The van der Waals surface area contributed by atoms with E-state index in [1.54, 1.807) is 0 Å². The molecule has 0 radical (unpaired) electrons. The van der Waals surface area contributed by atoms with Gasteiger partial charge in [0.1, 0.15) is 0 Å². The Morgan fingerprint density at radius 2 is 1.21 bits per heavy atom. The first-order valence-electron chi connectivity index (χ1n) is 4.73. The lowest BCUT2D eigenvalue weighted by Gasteiger charge is -2.05. The minimum Gasteiger partial charge on any atom is -0.388 e. The van der Waals surface area contributed by atoms with Gasteiger partial charge in [-0.15, -0.1) is 0 Å². The van der Waals surface area contributed by atoms with Gasteiger partial charge in [-0.25, -0.2) is 0 Å². The van der Waals surface area contributed by atoms with E-state index in [1.165, 1.54) is 10.8 Å². The van der Waals surface area contributed by atoms with Crippen molar-refractivity contribution in [2.24, 2.45) is 0 Å². The Balaban J connectivity index is 2.60. The second-order valence-corrected chi connectivity index (χ2v) is 3.28. The summed E-state index contributed by atoms with van der Waals surface area (Å²) >= 11 is 0. The molecule has 0 fully saturated rings. The maximum Gasteiger partial charge on any atom is 0.0344 e. The van der Waals surface area contributed by atoms with Crippen LogP contribution in [-0.4, -0.2) is 14.1 Å². The van der Waals surface area contributed by atoms with E-state index in [0.29, 0.717) is 0 Å². The summed E-state index contributed by atoms with van der Waals surface area (Å²) in [6, 6.07) is 12.7. The third-order valence-corrected chi connectivity index (χ3v) is 2.42. The molecule has 0 aromatic heterocycles. The van der Waals surface area contributed by atoms with Crippen LogP contribution < -0.4 is 10.6 Å². The third-order valence-electron chi connectivity index (χ3n) is 2.42. The van der Waals surface area contributed by atoms with Crippen molar-refractivity contribution in [1.82, 2.24) is 0 Å². The molecule has 2 aromatic rings. The number of fused-ring (bicyclic) bond motifs is 1. The summed E-state index contributed by atoms with van der Waals surface area (Å²) in [5, 5.41) is 8.79. The van der Waals surface area contributed by atoms with Crippen LogP contribution >= 0.6 is 0 Å².